The van der Waals surface area contributed by atoms with Crippen LogP contribution < -0.4 is 10.6 Å². The van der Waals surface area contributed by atoms with Crippen LogP contribution in [0.15, 0.2) is 0 Å². The number of Topliss-reactive ketones (excluding diaryl/α,β-unsaturated/α-hetero) is 1. The first-order valence-corrected chi connectivity index (χ1v) is 18.7. The van der Waals surface area contributed by atoms with Crippen molar-refractivity contribution in [2.24, 2.45) is 0 Å². The molecule has 6 heteroatoms. The Kier molecular flexibility index (Phi) is 32.3. The van der Waals surface area contributed by atoms with Crippen molar-refractivity contribution in [2.45, 2.75) is 187 Å². The minimum atomic E-state index is -0.0328. The lowest BCUT2D eigenvalue weighted by atomic mass is 10.0. The average Bonchev–Trinajstić information content (AvgIpc) is 2.98. The van der Waals surface area contributed by atoms with Crippen molar-refractivity contribution in [3.8, 4) is 0 Å². The van der Waals surface area contributed by atoms with Gasteiger partial charge in [-0.2, -0.15) is 0 Å². The number of hydrogen-bond donors (Lipinski definition) is 2. The van der Waals surface area contributed by atoms with Gasteiger partial charge in [0.25, 0.3) is 0 Å². The summed E-state index contributed by atoms with van der Waals surface area (Å²) in [6, 6.07) is 0. The minimum Gasteiger partial charge on any atom is -0.356 e. The van der Waals surface area contributed by atoms with E-state index in [2.05, 4.69) is 36.6 Å². The second-order valence-corrected chi connectivity index (χ2v) is 13.2. The third-order valence-electron chi connectivity index (χ3n) is 8.45. The third kappa shape index (κ3) is 34.9. The number of rotatable bonds is 34. The van der Waals surface area contributed by atoms with Crippen molar-refractivity contribution in [2.75, 3.05) is 33.7 Å². The van der Waals surface area contributed by atoms with E-state index < -0.39 is 0 Å². The second kappa shape index (κ2) is 33.5. The quantitative estimate of drug-likeness (QED) is 0.0715. The summed E-state index contributed by atoms with van der Waals surface area (Å²) in [5.74, 6) is 0.168. The van der Waals surface area contributed by atoms with Gasteiger partial charge in [0.15, 0.2) is 0 Å². The number of amides is 2. The fraction of sp³-hybridized carbons (Fsp3) is 0.919. The summed E-state index contributed by atoms with van der Waals surface area (Å²) >= 11 is 0. The summed E-state index contributed by atoms with van der Waals surface area (Å²) in [6.45, 7) is 4.63. The molecule has 0 aliphatic heterocycles. The third-order valence-corrected chi connectivity index (χ3v) is 8.45. The maximum Gasteiger partial charge on any atom is 0.220 e. The Hall–Kier alpha value is -1.43. The molecule has 2 N–H and O–H groups in total. The number of carbonyl (C=O) groups is 3. The molecule has 0 saturated heterocycles. The van der Waals surface area contributed by atoms with E-state index in [1.165, 1.54) is 122 Å². The predicted octanol–water partition coefficient (Wildman–Crippen LogP) is 9.29. The van der Waals surface area contributed by atoms with Crippen molar-refractivity contribution in [1.29, 1.82) is 0 Å². The van der Waals surface area contributed by atoms with Crippen LogP contribution >= 0.6 is 0 Å². The van der Waals surface area contributed by atoms with E-state index in [0.29, 0.717) is 38.8 Å². The zero-order valence-electron chi connectivity index (χ0n) is 29.1. The zero-order chi connectivity index (χ0) is 31.6. The molecule has 0 unspecified atom stereocenters. The first kappa shape index (κ1) is 41.6. The molecule has 0 radical (unpaired) electrons. The van der Waals surface area contributed by atoms with Gasteiger partial charge in [0.05, 0.1) is 0 Å². The summed E-state index contributed by atoms with van der Waals surface area (Å²) in [4.78, 5) is 38.2. The van der Waals surface area contributed by atoms with Crippen molar-refractivity contribution in [1.82, 2.24) is 15.5 Å². The van der Waals surface area contributed by atoms with Crippen molar-refractivity contribution >= 4 is 17.6 Å². The molecular formula is C37H73N3O3. The summed E-state index contributed by atoms with van der Waals surface area (Å²) in [5.41, 5.74) is 0. The van der Waals surface area contributed by atoms with Gasteiger partial charge in [-0.1, -0.05) is 135 Å². The number of carbonyl (C=O) groups excluding carboxylic acids is 3. The topological polar surface area (TPSA) is 78.5 Å². The molecule has 0 aliphatic carbocycles. The van der Waals surface area contributed by atoms with Gasteiger partial charge < -0.3 is 15.5 Å². The lowest BCUT2D eigenvalue weighted by molar-refractivity contribution is -0.125. The van der Waals surface area contributed by atoms with Crippen LogP contribution in [0.2, 0.25) is 0 Å². The molecule has 0 atom stereocenters. The van der Waals surface area contributed by atoms with Gasteiger partial charge in [0, 0.05) is 38.8 Å². The normalized spacial score (nSPS) is 11.3. The Balaban J connectivity index is 3.34. The summed E-state index contributed by atoms with van der Waals surface area (Å²) in [5, 5.41) is 5.86. The van der Waals surface area contributed by atoms with E-state index in [-0.39, 0.29) is 24.0 Å². The van der Waals surface area contributed by atoms with Crippen LogP contribution in [-0.4, -0.2) is 56.2 Å². The number of nitrogens with zero attached hydrogens (tertiary/aromatic N) is 1. The Labute approximate surface area is 267 Å². The van der Waals surface area contributed by atoms with Crippen LogP contribution in [0.1, 0.15) is 187 Å². The fourth-order valence-corrected chi connectivity index (χ4v) is 5.57. The number of unbranched alkanes of at least 4 members (excludes halogenated alkanes) is 21. The van der Waals surface area contributed by atoms with Gasteiger partial charge in [-0.05, 0) is 46.3 Å². The molecule has 0 aromatic carbocycles. The molecule has 0 heterocycles. The molecule has 2 amide bonds. The van der Waals surface area contributed by atoms with E-state index in [4.69, 9.17) is 0 Å². The van der Waals surface area contributed by atoms with Crippen molar-refractivity contribution < 1.29 is 14.4 Å². The summed E-state index contributed by atoms with van der Waals surface area (Å²) in [6.07, 6.45) is 32.4. The number of hydrogen-bond acceptors (Lipinski definition) is 4. The highest BCUT2D eigenvalue weighted by Crippen LogP contribution is 2.15. The van der Waals surface area contributed by atoms with Crippen LogP contribution in [0.5, 0.6) is 0 Å². The molecule has 0 saturated carbocycles. The molecule has 0 bridgehead atoms. The second-order valence-electron chi connectivity index (χ2n) is 13.2. The highest BCUT2D eigenvalue weighted by atomic mass is 16.2. The SMILES string of the molecule is CCCCCCCCCCCCCCCCCCCCCC(=O)NCCCC(=O)CCC(=O)NCCCCCCN(C)C. The molecular weight excluding hydrogens is 534 g/mol. The molecule has 0 aromatic rings. The lowest BCUT2D eigenvalue weighted by Crippen LogP contribution is -2.25. The predicted molar refractivity (Wildman–Crippen MR) is 185 cm³/mol. The molecule has 43 heavy (non-hydrogen) atoms. The smallest absolute Gasteiger partial charge is 0.220 e. The van der Waals surface area contributed by atoms with Gasteiger partial charge in [-0.25, -0.2) is 0 Å². The van der Waals surface area contributed by atoms with Crippen LogP contribution in [0.4, 0.5) is 0 Å². The first-order chi connectivity index (χ1) is 21.0. The van der Waals surface area contributed by atoms with Crippen LogP contribution in [0.3, 0.4) is 0 Å². The zero-order valence-corrected chi connectivity index (χ0v) is 29.1. The molecule has 254 valence electrons. The van der Waals surface area contributed by atoms with Gasteiger partial charge in [0.2, 0.25) is 11.8 Å². The Morgan fingerprint density at radius 3 is 1.30 bits per heavy atom. The maximum atomic E-state index is 12.1. The summed E-state index contributed by atoms with van der Waals surface area (Å²) < 4.78 is 0. The van der Waals surface area contributed by atoms with E-state index in [9.17, 15) is 14.4 Å². The largest absolute Gasteiger partial charge is 0.356 e. The van der Waals surface area contributed by atoms with Crippen LogP contribution in [-0.2, 0) is 14.4 Å². The van der Waals surface area contributed by atoms with Crippen LogP contribution in [0.25, 0.3) is 0 Å². The summed E-state index contributed by atoms with van der Waals surface area (Å²) in [7, 11) is 4.17. The van der Waals surface area contributed by atoms with E-state index in [0.717, 1.165) is 32.2 Å². The van der Waals surface area contributed by atoms with Gasteiger partial charge in [0.1, 0.15) is 5.78 Å². The fourth-order valence-electron chi connectivity index (χ4n) is 5.57. The molecule has 6 nitrogen and oxygen atoms in total. The van der Waals surface area contributed by atoms with Crippen molar-refractivity contribution in [3.05, 3.63) is 0 Å². The Morgan fingerprint density at radius 1 is 0.419 bits per heavy atom. The van der Waals surface area contributed by atoms with Crippen molar-refractivity contribution in [3.63, 3.8) is 0 Å². The standard InChI is InChI=1S/C37H73N3O3/c1-4-5-6-7-8-9-10-11-12-13-14-15-16-17-18-19-20-21-24-29-36(42)39-33-27-28-35(41)30-31-37(43)38-32-25-22-23-26-34-40(2)3/h4-34H2,1-3H3,(H,38,43)(H,39,42). The highest BCUT2D eigenvalue weighted by Gasteiger charge is 2.08. The van der Waals surface area contributed by atoms with Gasteiger partial charge in [-0.15, -0.1) is 0 Å². The van der Waals surface area contributed by atoms with E-state index in [1.807, 2.05) is 0 Å². The number of nitrogens with one attached hydrogen (secondary N) is 2. The lowest BCUT2D eigenvalue weighted by Gasteiger charge is -2.09. The first-order valence-electron chi connectivity index (χ1n) is 18.7. The average molecular weight is 608 g/mol. The molecule has 0 aliphatic rings. The van der Waals surface area contributed by atoms with E-state index >= 15 is 0 Å². The van der Waals surface area contributed by atoms with Gasteiger partial charge in [-0.3, -0.25) is 14.4 Å². The molecule has 0 spiro atoms. The molecule has 0 aromatic heterocycles. The number of ketones is 1. The highest BCUT2D eigenvalue weighted by molar-refractivity contribution is 5.84. The molecule has 0 rings (SSSR count). The maximum absolute atomic E-state index is 12.1. The Bertz CT molecular complexity index is 639. The minimum absolute atomic E-state index is 0.0328. The van der Waals surface area contributed by atoms with Crippen LogP contribution in [0, 0.1) is 0 Å². The monoisotopic (exact) mass is 608 g/mol. The van der Waals surface area contributed by atoms with E-state index in [1.54, 1.807) is 0 Å². The molecule has 0 fully saturated rings. The van der Waals surface area contributed by atoms with Gasteiger partial charge >= 0.3 is 0 Å². The Morgan fingerprint density at radius 2 is 0.814 bits per heavy atom.